The largest absolute Gasteiger partial charge is 0.469 e. The van der Waals surface area contributed by atoms with Crippen LogP contribution in [0.4, 0.5) is 0 Å². The lowest BCUT2D eigenvalue weighted by Crippen LogP contribution is -2.33. The highest BCUT2D eigenvalue weighted by Gasteiger charge is 2.19. The van der Waals surface area contributed by atoms with Gasteiger partial charge in [-0.25, -0.2) is 0 Å². The maximum absolute atomic E-state index is 11.8. The molecule has 0 amide bonds. The van der Waals surface area contributed by atoms with Crippen LogP contribution in [0.15, 0.2) is 65.2 Å². The molecule has 0 saturated heterocycles. The molecule has 1 unspecified atom stereocenters. The molecule has 0 aliphatic heterocycles. The van der Waals surface area contributed by atoms with Crippen molar-refractivity contribution in [2.75, 3.05) is 20.2 Å². The molecule has 0 bridgehead atoms. The minimum atomic E-state index is -0.212. The number of rotatable bonds is 9. The molecule has 0 spiro atoms. The van der Waals surface area contributed by atoms with Crippen LogP contribution >= 0.6 is 0 Å². The molecule has 0 saturated carbocycles. The van der Waals surface area contributed by atoms with E-state index in [1.54, 1.807) is 0 Å². The van der Waals surface area contributed by atoms with Crippen LogP contribution in [0.1, 0.15) is 18.4 Å². The van der Waals surface area contributed by atoms with Gasteiger partial charge in [-0.1, -0.05) is 72.7 Å². The molecule has 0 N–H and O–H groups in total. The highest BCUT2D eigenvalue weighted by atomic mass is 16.5. The van der Waals surface area contributed by atoms with Crippen LogP contribution < -0.4 is 0 Å². The van der Waals surface area contributed by atoms with Gasteiger partial charge in [-0.05, 0) is 5.56 Å². The Morgan fingerprint density at radius 3 is 2.46 bits per heavy atom. The Hall–Kier alpha value is -2.99. The van der Waals surface area contributed by atoms with Gasteiger partial charge in [-0.15, -0.1) is 0 Å². The van der Waals surface area contributed by atoms with E-state index < -0.39 is 0 Å². The first kappa shape index (κ1) is 19.8. The SMILES string of the molecule is COC(=O)C(C)CN(CCc1nc(-c2ccccc2)no1)Cc1ccccc1. The van der Waals surface area contributed by atoms with Crippen LogP contribution in [0.2, 0.25) is 0 Å². The lowest BCUT2D eigenvalue weighted by atomic mass is 10.1. The van der Waals surface area contributed by atoms with Gasteiger partial charge in [0, 0.05) is 31.6 Å². The van der Waals surface area contributed by atoms with E-state index in [0.29, 0.717) is 31.2 Å². The van der Waals surface area contributed by atoms with Gasteiger partial charge in [0.05, 0.1) is 13.0 Å². The van der Waals surface area contributed by atoms with Crippen LogP contribution in [-0.2, 0) is 22.5 Å². The number of hydrogen-bond donors (Lipinski definition) is 0. The quantitative estimate of drug-likeness (QED) is 0.529. The van der Waals surface area contributed by atoms with Crippen LogP contribution in [0.3, 0.4) is 0 Å². The van der Waals surface area contributed by atoms with Crippen molar-refractivity contribution in [2.24, 2.45) is 5.92 Å². The van der Waals surface area contributed by atoms with Gasteiger partial charge in [0.25, 0.3) is 0 Å². The van der Waals surface area contributed by atoms with Crippen molar-refractivity contribution in [3.63, 3.8) is 0 Å². The third-order valence-electron chi connectivity index (χ3n) is 4.53. The van der Waals surface area contributed by atoms with Gasteiger partial charge in [0.1, 0.15) is 0 Å². The molecule has 1 heterocycles. The Kier molecular flexibility index (Phi) is 6.92. The predicted octanol–water partition coefficient (Wildman–Crippen LogP) is 3.59. The van der Waals surface area contributed by atoms with E-state index in [1.165, 1.54) is 12.7 Å². The number of hydrogen-bond acceptors (Lipinski definition) is 6. The maximum Gasteiger partial charge on any atom is 0.309 e. The van der Waals surface area contributed by atoms with E-state index in [-0.39, 0.29) is 11.9 Å². The van der Waals surface area contributed by atoms with Crippen molar-refractivity contribution in [1.82, 2.24) is 15.0 Å². The van der Waals surface area contributed by atoms with Crippen LogP contribution in [0.25, 0.3) is 11.4 Å². The van der Waals surface area contributed by atoms with E-state index >= 15 is 0 Å². The fourth-order valence-electron chi connectivity index (χ4n) is 3.05. The fraction of sp³-hybridized carbons (Fsp3) is 0.318. The molecular weight excluding hydrogens is 354 g/mol. The summed E-state index contributed by atoms with van der Waals surface area (Å²) in [5, 5.41) is 4.07. The van der Waals surface area contributed by atoms with Gasteiger partial charge >= 0.3 is 5.97 Å². The lowest BCUT2D eigenvalue weighted by Gasteiger charge is -2.24. The molecule has 0 aliphatic rings. The molecule has 146 valence electrons. The molecular formula is C22H25N3O3. The van der Waals surface area contributed by atoms with Crippen LogP contribution in [0.5, 0.6) is 0 Å². The molecule has 2 aromatic carbocycles. The summed E-state index contributed by atoms with van der Waals surface area (Å²) in [7, 11) is 1.42. The first-order valence-electron chi connectivity index (χ1n) is 9.38. The number of aromatic nitrogens is 2. The molecule has 3 aromatic rings. The highest BCUT2D eigenvalue weighted by molar-refractivity contribution is 5.72. The first-order chi connectivity index (χ1) is 13.7. The summed E-state index contributed by atoms with van der Waals surface area (Å²) < 4.78 is 10.3. The average molecular weight is 379 g/mol. The molecule has 0 aliphatic carbocycles. The van der Waals surface area contributed by atoms with Crippen molar-refractivity contribution in [2.45, 2.75) is 19.9 Å². The summed E-state index contributed by atoms with van der Waals surface area (Å²) in [6.07, 6.45) is 0.612. The lowest BCUT2D eigenvalue weighted by molar-refractivity contribution is -0.145. The fourth-order valence-corrected chi connectivity index (χ4v) is 3.05. The molecule has 6 heteroatoms. The van der Waals surface area contributed by atoms with E-state index in [2.05, 4.69) is 27.2 Å². The second kappa shape index (κ2) is 9.80. The van der Waals surface area contributed by atoms with E-state index in [1.807, 2.05) is 55.5 Å². The van der Waals surface area contributed by atoms with Crippen molar-refractivity contribution in [1.29, 1.82) is 0 Å². The molecule has 0 fully saturated rings. The van der Waals surface area contributed by atoms with Crippen molar-refractivity contribution in [3.05, 3.63) is 72.1 Å². The van der Waals surface area contributed by atoms with Gasteiger partial charge < -0.3 is 9.26 Å². The smallest absolute Gasteiger partial charge is 0.309 e. The molecule has 28 heavy (non-hydrogen) atoms. The van der Waals surface area contributed by atoms with Gasteiger partial charge in [-0.3, -0.25) is 9.69 Å². The van der Waals surface area contributed by atoms with Gasteiger partial charge in [0.2, 0.25) is 11.7 Å². The Bertz CT molecular complexity index is 865. The van der Waals surface area contributed by atoms with E-state index in [4.69, 9.17) is 9.26 Å². The molecule has 6 nitrogen and oxygen atoms in total. The number of ether oxygens (including phenoxy) is 1. The highest BCUT2D eigenvalue weighted by Crippen LogP contribution is 2.16. The zero-order valence-electron chi connectivity index (χ0n) is 16.2. The van der Waals surface area contributed by atoms with Crippen molar-refractivity contribution in [3.8, 4) is 11.4 Å². The number of carbonyl (C=O) groups is 1. The summed E-state index contributed by atoms with van der Waals surface area (Å²) in [5.41, 5.74) is 2.12. The number of esters is 1. The van der Waals surface area contributed by atoms with E-state index in [9.17, 15) is 4.79 Å². The second-order valence-electron chi connectivity index (χ2n) is 6.77. The third-order valence-corrected chi connectivity index (χ3v) is 4.53. The zero-order chi connectivity index (χ0) is 19.8. The summed E-state index contributed by atoms with van der Waals surface area (Å²) in [6.45, 7) is 3.92. The Labute approximate surface area is 165 Å². The predicted molar refractivity (Wildman–Crippen MR) is 106 cm³/mol. The normalized spacial score (nSPS) is 12.1. The Morgan fingerprint density at radius 2 is 1.79 bits per heavy atom. The molecule has 1 aromatic heterocycles. The standard InChI is InChI=1S/C22H25N3O3/c1-17(22(26)27-2)15-25(16-18-9-5-3-6-10-18)14-13-20-23-21(24-28-20)19-11-7-4-8-12-19/h3-12,17H,13-16H2,1-2H3. The van der Waals surface area contributed by atoms with Crippen molar-refractivity contribution < 1.29 is 14.1 Å². The number of benzene rings is 2. The summed E-state index contributed by atoms with van der Waals surface area (Å²) >= 11 is 0. The van der Waals surface area contributed by atoms with Gasteiger partial charge in [0.15, 0.2) is 0 Å². The van der Waals surface area contributed by atoms with Crippen molar-refractivity contribution >= 4 is 5.97 Å². The van der Waals surface area contributed by atoms with E-state index in [0.717, 1.165) is 12.1 Å². The monoisotopic (exact) mass is 379 g/mol. The second-order valence-corrected chi connectivity index (χ2v) is 6.77. The summed E-state index contributed by atoms with van der Waals surface area (Å²) in [6, 6.07) is 19.9. The number of methoxy groups -OCH3 is 1. The molecule has 1 atom stereocenters. The maximum atomic E-state index is 11.8. The Morgan fingerprint density at radius 1 is 1.11 bits per heavy atom. The van der Waals surface area contributed by atoms with Crippen LogP contribution in [-0.4, -0.2) is 41.2 Å². The minimum absolute atomic E-state index is 0.206. The number of carbonyl (C=O) groups excluding carboxylic acids is 1. The average Bonchev–Trinajstić information content (AvgIpc) is 3.22. The molecule has 3 rings (SSSR count). The summed E-state index contributed by atoms with van der Waals surface area (Å²) in [4.78, 5) is 18.5. The third kappa shape index (κ3) is 5.50. The summed E-state index contributed by atoms with van der Waals surface area (Å²) in [5.74, 6) is 0.759. The number of nitrogens with zero attached hydrogens (tertiary/aromatic N) is 3. The van der Waals surface area contributed by atoms with Gasteiger partial charge in [-0.2, -0.15) is 4.98 Å². The first-order valence-corrected chi connectivity index (χ1v) is 9.38. The zero-order valence-corrected chi connectivity index (χ0v) is 16.2. The van der Waals surface area contributed by atoms with Crippen LogP contribution in [0, 0.1) is 5.92 Å². The molecule has 0 radical (unpaired) electrons. The minimum Gasteiger partial charge on any atom is -0.469 e. The topological polar surface area (TPSA) is 68.5 Å². The Balaban J connectivity index is 1.65.